The van der Waals surface area contributed by atoms with Gasteiger partial charge in [0.05, 0.1) is 6.04 Å². The summed E-state index contributed by atoms with van der Waals surface area (Å²) in [7, 11) is 0. The fourth-order valence-electron chi connectivity index (χ4n) is 1.70. The lowest BCUT2D eigenvalue weighted by Gasteiger charge is -2.10. The molecule has 0 saturated heterocycles. The van der Waals surface area contributed by atoms with Crippen molar-refractivity contribution in [2.75, 3.05) is 10.6 Å². The van der Waals surface area contributed by atoms with Gasteiger partial charge in [0.2, 0.25) is 0 Å². The standard InChI is InChI=1S/C12H16BrN3S/c1-8-11(6-13)17-12(15-8)16-10-5-3-2-4-9(10)7-14/h2-5,8,11H,6-7,14H2,1H3,(H,15,16). The lowest BCUT2D eigenvalue weighted by atomic mass is 10.2. The van der Waals surface area contributed by atoms with Crippen LogP contribution in [0.2, 0.25) is 0 Å². The molecule has 2 rings (SSSR count). The van der Waals surface area contributed by atoms with E-state index in [-0.39, 0.29) is 0 Å². The molecule has 0 saturated carbocycles. The first-order valence-electron chi connectivity index (χ1n) is 5.60. The monoisotopic (exact) mass is 313 g/mol. The Morgan fingerprint density at radius 1 is 1.47 bits per heavy atom. The topological polar surface area (TPSA) is 50.4 Å². The van der Waals surface area contributed by atoms with Gasteiger partial charge in [-0.05, 0) is 18.6 Å². The highest BCUT2D eigenvalue weighted by Crippen LogP contribution is 2.29. The molecule has 0 fully saturated rings. The van der Waals surface area contributed by atoms with Crippen molar-refractivity contribution < 1.29 is 0 Å². The average Bonchev–Trinajstić information content (AvgIpc) is 2.70. The number of nitrogens with one attached hydrogen (secondary N) is 1. The first-order valence-corrected chi connectivity index (χ1v) is 7.60. The van der Waals surface area contributed by atoms with E-state index in [0.29, 0.717) is 17.8 Å². The molecule has 1 aliphatic rings. The van der Waals surface area contributed by atoms with Crippen LogP contribution in [-0.4, -0.2) is 21.8 Å². The molecule has 0 spiro atoms. The number of rotatable bonds is 3. The number of anilines is 1. The molecule has 0 aliphatic carbocycles. The number of para-hydroxylation sites is 1. The predicted molar refractivity (Wildman–Crippen MR) is 80.0 cm³/mol. The van der Waals surface area contributed by atoms with Gasteiger partial charge in [-0.25, -0.2) is 0 Å². The van der Waals surface area contributed by atoms with E-state index in [0.717, 1.165) is 21.7 Å². The first-order chi connectivity index (χ1) is 8.24. The van der Waals surface area contributed by atoms with Crippen molar-refractivity contribution in [1.82, 2.24) is 0 Å². The number of nitrogens with two attached hydrogens (primary N) is 1. The normalized spacial score (nSPS) is 23.6. The molecule has 92 valence electrons. The molecule has 5 heteroatoms. The summed E-state index contributed by atoms with van der Waals surface area (Å²) in [6.07, 6.45) is 0. The summed E-state index contributed by atoms with van der Waals surface area (Å²) in [5.41, 5.74) is 7.89. The van der Waals surface area contributed by atoms with Crippen LogP contribution in [0, 0.1) is 0 Å². The van der Waals surface area contributed by atoms with Gasteiger partial charge in [-0.2, -0.15) is 0 Å². The molecule has 17 heavy (non-hydrogen) atoms. The summed E-state index contributed by atoms with van der Waals surface area (Å²) in [6.45, 7) is 2.68. The summed E-state index contributed by atoms with van der Waals surface area (Å²) < 4.78 is 0. The number of thioether (sulfide) groups is 1. The Kier molecular flexibility index (Phi) is 4.48. The molecule has 0 radical (unpaired) electrons. The van der Waals surface area contributed by atoms with Gasteiger partial charge in [0.1, 0.15) is 0 Å². The summed E-state index contributed by atoms with van der Waals surface area (Å²) in [5.74, 6) is 0. The third-order valence-electron chi connectivity index (χ3n) is 2.75. The zero-order valence-corrected chi connectivity index (χ0v) is 12.1. The Balaban J connectivity index is 2.09. The molecule has 1 aromatic rings. The largest absolute Gasteiger partial charge is 0.335 e. The van der Waals surface area contributed by atoms with Crippen LogP contribution in [0.15, 0.2) is 29.3 Å². The maximum atomic E-state index is 5.71. The van der Waals surface area contributed by atoms with Crippen LogP contribution in [0.3, 0.4) is 0 Å². The van der Waals surface area contributed by atoms with Crippen LogP contribution in [0.25, 0.3) is 0 Å². The number of halogens is 1. The van der Waals surface area contributed by atoms with Gasteiger partial charge in [0, 0.05) is 22.8 Å². The molecule has 0 bridgehead atoms. The number of aliphatic imine (C=N–C) groups is 1. The Hall–Kier alpha value is -0.520. The zero-order chi connectivity index (χ0) is 12.3. The van der Waals surface area contributed by atoms with Gasteiger partial charge in [0.15, 0.2) is 5.17 Å². The minimum Gasteiger partial charge on any atom is -0.335 e. The molecule has 1 aliphatic heterocycles. The Morgan fingerprint density at radius 2 is 2.24 bits per heavy atom. The van der Waals surface area contributed by atoms with Crippen molar-refractivity contribution in [3.63, 3.8) is 0 Å². The second kappa shape index (κ2) is 5.89. The van der Waals surface area contributed by atoms with Crippen LogP contribution < -0.4 is 11.1 Å². The van der Waals surface area contributed by atoms with E-state index < -0.39 is 0 Å². The van der Waals surface area contributed by atoms with Crippen molar-refractivity contribution in [2.45, 2.75) is 24.8 Å². The van der Waals surface area contributed by atoms with E-state index >= 15 is 0 Å². The van der Waals surface area contributed by atoms with Gasteiger partial charge in [0.25, 0.3) is 0 Å². The SMILES string of the molecule is CC1N=C(Nc2ccccc2CN)SC1CBr. The van der Waals surface area contributed by atoms with Gasteiger partial charge in [-0.3, -0.25) is 4.99 Å². The molecule has 1 heterocycles. The summed E-state index contributed by atoms with van der Waals surface area (Å²) in [6, 6.07) is 8.44. The number of nitrogens with zero attached hydrogens (tertiary/aromatic N) is 1. The van der Waals surface area contributed by atoms with Gasteiger partial charge >= 0.3 is 0 Å². The van der Waals surface area contributed by atoms with Gasteiger partial charge in [-0.15, -0.1) is 0 Å². The first kappa shape index (κ1) is 12.9. The molecule has 3 nitrogen and oxygen atoms in total. The molecule has 2 atom stereocenters. The van der Waals surface area contributed by atoms with Crippen molar-refractivity contribution in [3.8, 4) is 0 Å². The van der Waals surface area contributed by atoms with Crippen molar-refractivity contribution in [2.24, 2.45) is 10.7 Å². The van der Waals surface area contributed by atoms with E-state index in [2.05, 4.69) is 33.2 Å². The third kappa shape index (κ3) is 3.03. The van der Waals surface area contributed by atoms with Crippen LogP contribution in [0.1, 0.15) is 12.5 Å². The van der Waals surface area contributed by atoms with E-state index in [1.165, 1.54) is 0 Å². The molecule has 3 N–H and O–H groups in total. The van der Waals surface area contributed by atoms with Crippen LogP contribution in [0.4, 0.5) is 5.69 Å². The van der Waals surface area contributed by atoms with Crippen molar-refractivity contribution in [3.05, 3.63) is 29.8 Å². The van der Waals surface area contributed by atoms with E-state index in [1.807, 2.05) is 24.3 Å². The van der Waals surface area contributed by atoms with E-state index in [4.69, 9.17) is 5.73 Å². The number of amidine groups is 1. The molecule has 0 aromatic heterocycles. The fraction of sp³-hybridized carbons (Fsp3) is 0.417. The number of alkyl halides is 1. The molecular formula is C12H16BrN3S. The smallest absolute Gasteiger partial charge is 0.161 e. The number of hydrogen-bond acceptors (Lipinski definition) is 4. The molecular weight excluding hydrogens is 298 g/mol. The van der Waals surface area contributed by atoms with Crippen LogP contribution in [0.5, 0.6) is 0 Å². The summed E-state index contributed by atoms with van der Waals surface area (Å²) in [5, 5.41) is 5.84. The summed E-state index contributed by atoms with van der Waals surface area (Å²) in [4.78, 5) is 4.61. The minimum atomic E-state index is 0.354. The lowest BCUT2D eigenvalue weighted by Crippen LogP contribution is -2.14. The zero-order valence-electron chi connectivity index (χ0n) is 9.69. The van der Waals surface area contributed by atoms with Crippen molar-refractivity contribution in [1.29, 1.82) is 0 Å². The second-order valence-corrected chi connectivity index (χ2v) is 5.85. The number of hydrogen-bond donors (Lipinski definition) is 2. The second-order valence-electron chi connectivity index (χ2n) is 3.97. The van der Waals surface area contributed by atoms with E-state index in [9.17, 15) is 0 Å². The van der Waals surface area contributed by atoms with E-state index in [1.54, 1.807) is 11.8 Å². The Morgan fingerprint density at radius 3 is 2.88 bits per heavy atom. The summed E-state index contributed by atoms with van der Waals surface area (Å²) >= 11 is 5.30. The molecule has 0 amide bonds. The predicted octanol–water partition coefficient (Wildman–Crippen LogP) is 2.81. The molecule has 2 unspecified atom stereocenters. The van der Waals surface area contributed by atoms with Crippen LogP contribution in [-0.2, 0) is 6.54 Å². The van der Waals surface area contributed by atoms with Gasteiger partial charge in [-0.1, -0.05) is 45.9 Å². The van der Waals surface area contributed by atoms with Crippen LogP contribution >= 0.6 is 27.7 Å². The quantitative estimate of drug-likeness (QED) is 0.844. The fourth-order valence-corrected chi connectivity index (χ4v) is 3.64. The van der Waals surface area contributed by atoms with Crippen molar-refractivity contribution >= 4 is 38.5 Å². The minimum absolute atomic E-state index is 0.354. The Bertz CT molecular complexity index is 422. The lowest BCUT2D eigenvalue weighted by molar-refractivity contribution is 0.758. The third-order valence-corrected chi connectivity index (χ3v) is 5.17. The Labute approximate surface area is 114 Å². The highest BCUT2D eigenvalue weighted by atomic mass is 79.9. The highest BCUT2D eigenvalue weighted by molar-refractivity contribution is 9.09. The molecule has 1 aromatic carbocycles. The van der Waals surface area contributed by atoms with Gasteiger partial charge < -0.3 is 11.1 Å². The number of benzene rings is 1. The maximum absolute atomic E-state index is 5.71. The maximum Gasteiger partial charge on any atom is 0.161 e. The average molecular weight is 314 g/mol. The highest BCUT2D eigenvalue weighted by Gasteiger charge is 2.25.